The number of ketones is 1. The Labute approximate surface area is 219 Å². The highest BCUT2D eigenvalue weighted by molar-refractivity contribution is 6.12. The first kappa shape index (κ1) is 23.4. The summed E-state index contributed by atoms with van der Waals surface area (Å²) >= 11 is 0. The molecule has 0 radical (unpaired) electrons. The number of H-pyrrole nitrogens is 1. The number of hydrogen-bond donors (Lipinski definition) is 1. The molecule has 0 saturated carbocycles. The van der Waals surface area contributed by atoms with Crippen molar-refractivity contribution in [3.8, 4) is 11.3 Å². The molecule has 0 amide bonds. The number of hydrogen-bond acceptors (Lipinski definition) is 4. The van der Waals surface area contributed by atoms with E-state index in [1.807, 2.05) is 97.9 Å². The van der Waals surface area contributed by atoms with E-state index in [1.54, 1.807) is 24.4 Å². The highest BCUT2D eigenvalue weighted by Crippen LogP contribution is 2.31. The summed E-state index contributed by atoms with van der Waals surface area (Å²) in [5.41, 5.74) is 5.65. The topological polar surface area (TPSA) is 72.1 Å². The van der Waals surface area contributed by atoms with Gasteiger partial charge in [0.25, 0.3) is 0 Å². The number of aromatic nitrogens is 2. The zero-order valence-corrected chi connectivity index (χ0v) is 20.7. The van der Waals surface area contributed by atoms with E-state index in [-0.39, 0.29) is 5.78 Å². The van der Waals surface area contributed by atoms with Gasteiger partial charge in [0, 0.05) is 39.2 Å². The van der Waals surface area contributed by atoms with Crippen molar-refractivity contribution in [1.82, 2.24) is 9.97 Å². The van der Waals surface area contributed by atoms with Crippen molar-refractivity contribution >= 4 is 33.6 Å². The van der Waals surface area contributed by atoms with Crippen LogP contribution in [0.25, 0.3) is 33.1 Å². The fourth-order valence-electron chi connectivity index (χ4n) is 4.70. The van der Waals surface area contributed by atoms with Crippen LogP contribution in [-0.4, -0.2) is 21.7 Å². The van der Waals surface area contributed by atoms with Crippen LogP contribution in [-0.2, 0) is 4.74 Å². The smallest absolute Gasteiger partial charge is 0.339 e. The van der Waals surface area contributed by atoms with Crippen molar-refractivity contribution in [1.29, 1.82) is 0 Å². The first-order valence-corrected chi connectivity index (χ1v) is 12.4. The predicted molar refractivity (Wildman–Crippen MR) is 149 cm³/mol. The van der Waals surface area contributed by atoms with Gasteiger partial charge >= 0.3 is 5.97 Å². The van der Waals surface area contributed by atoms with Gasteiger partial charge in [-0.15, -0.1) is 0 Å². The molecule has 1 atom stereocenters. The van der Waals surface area contributed by atoms with E-state index in [9.17, 15) is 9.59 Å². The molecule has 2 aromatic heterocycles. The molecule has 0 bridgehead atoms. The summed E-state index contributed by atoms with van der Waals surface area (Å²) in [7, 11) is 0. The fourth-order valence-corrected chi connectivity index (χ4v) is 4.70. The van der Waals surface area contributed by atoms with Crippen molar-refractivity contribution in [3.05, 3.63) is 138 Å². The first-order valence-electron chi connectivity index (χ1n) is 12.4. The number of aryl methyl sites for hydroxylation is 1. The monoisotopic (exact) mass is 496 g/mol. The van der Waals surface area contributed by atoms with Gasteiger partial charge in [-0.1, -0.05) is 96.6 Å². The van der Waals surface area contributed by atoms with Crippen molar-refractivity contribution < 1.29 is 14.3 Å². The minimum atomic E-state index is -1.11. The number of carbonyl (C=O) groups is 2. The zero-order valence-electron chi connectivity index (χ0n) is 20.7. The second kappa shape index (κ2) is 9.79. The van der Waals surface area contributed by atoms with E-state index in [2.05, 4.69) is 4.98 Å². The number of aromatic amines is 1. The van der Waals surface area contributed by atoms with Crippen molar-refractivity contribution in [3.63, 3.8) is 0 Å². The SMILES string of the molecule is Cc1ccc(-c2cc(C(=O)OC(C(=O)c3c[nH]c4ccccc34)c3ccccc3)c3ccccc3n2)cc1. The maximum absolute atomic E-state index is 13.9. The minimum Gasteiger partial charge on any atom is -0.445 e. The average Bonchev–Trinajstić information content (AvgIpc) is 3.40. The average molecular weight is 497 g/mol. The van der Waals surface area contributed by atoms with Crippen LogP contribution >= 0.6 is 0 Å². The van der Waals surface area contributed by atoms with E-state index in [1.165, 1.54) is 0 Å². The largest absolute Gasteiger partial charge is 0.445 e. The van der Waals surface area contributed by atoms with Crippen LogP contribution < -0.4 is 0 Å². The van der Waals surface area contributed by atoms with Gasteiger partial charge in [0.15, 0.2) is 6.10 Å². The van der Waals surface area contributed by atoms with Crippen molar-refractivity contribution in [2.45, 2.75) is 13.0 Å². The number of pyridine rings is 1. The molecule has 6 rings (SSSR count). The lowest BCUT2D eigenvalue weighted by atomic mass is 9.99. The van der Waals surface area contributed by atoms with Gasteiger partial charge in [-0.25, -0.2) is 9.78 Å². The zero-order chi connectivity index (χ0) is 26.1. The van der Waals surface area contributed by atoms with Crippen LogP contribution in [0.1, 0.15) is 37.9 Å². The van der Waals surface area contributed by atoms with Crippen LogP contribution in [0.2, 0.25) is 0 Å². The summed E-state index contributed by atoms with van der Waals surface area (Å²) in [5.74, 6) is -0.877. The molecule has 184 valence electrons. The normalized spacial score (nSPS) is 11.9. The Kier molecular flexibility index (Phi) is 6.02. The number of nitrogens with one attached hydrogen (secondary N) is 1. The number of carbonyl (C=O) groups excluding carboxylic acids is 2. The third-order valence-corrected chi connectivity index (χ3v) is 6.70. The molecule has 0 aliphatic heterocycles. The van der Waals surface area contributed by atoms with E-state index in [0.29, 0.717) is 33.3 Å². The van der Waals surface area contributed by atoms with E-state index in [4.69, 9.17) is 9.72 Å². The summed E-state index contributed by atoms with van der Waals surface area (Å²) < 4.78 is 6.05. The molecule has 0 saturated heterocycles. The number of esters is 1. The first-order chi connectivity index (χ1) is 18.6. The summed E-state index contributed by atoms with van der Waals surface area (Å²) in [6.45, 7) is 2.02. The van der Waals surface area contributed by atoms with E-state index >= 15 is 0 Å². The van der Waals surface area contributed by atoms with Crippen LogP contribution in [0, 0.1) is 6.92 Å². The second-order valence-electron chi connectivity index (χ2n) is 9.25. The Bertz CT molecular complexity index is 1790. The van der Waals surface area contributed by atoms with Crippen LogP contribution in [0.15, 0.2) is 115 Å². The van der Waals surface area contributed by atoms with Crippen molar-refractivity contribution in [2.75, 3.05) is 0 Å². The Morgan fingerprint density at radius 2 is 1.45 bits per heavy atom. The maximum Gasteiger partial charge on any atom is 0.339 e. The van der Waals surface area contributed by atoms with Gasteiger partial charge in [-0.2, -0.15) is 0 Å². The lowest BCUT2D eigenvalue weighted by Crippen LogP contribution is -2.20. The maximum atomic E-state index is 13.9. The number of fused-ring (bicyclic) bond motifs is 2. The quantitative estimate of drug-likeness (QED) is 0.192. The molecular formula is C33H24N2O3. The Balaban J connectivity index is 1.43. The summed E-state index contributed by atoms with van der Waals surface area (Å²) in [6, 6.07) is 33.9. The van der Waals surface area contributed by atoms with Crippen molar-refractivity contribution in [2.24, 2.45) is 0 Å². The van der Waals surface area contributed by atoms with Crippen LogP contribution in [0.4, 0.5) is 0 Å². The van der Waals surface area contributed by atoms with E-state index < -0.39 is 12.1 Å². The van der Waals surface area contributed by atoms with E-state index in [0.717, 1.165) is 22.0 Å². The third kappa shape index (κ3) is 4.35. The summed E-state index contributed by atoms with van der Waals surface area (Å²) in [5, 5.41) is 1.45. The third-order valence-electron chi connectivity index (χ3n) is 6.70. The summed E-state index contributed by atoms with van der Waals surface area (Å²) in [4.78, 5) is 35.6. The van der Waals surface area contributed by atoms with Gasteiger partial charge in [-0.05, 0) is 25.1 Å². The number of Topliss-reactive ketones (excluding diaryl/α,β-unsaturated/α-hetero) is 1. The lowest BCUT2D eigenvalue weighted by molar-refractivity contribution is 0.0282. The molecule has 1 N–H and O–H groups in total. The number of rotatable bonds is 6. The highest BCUT2D eigenvalue weighted by Gasteiger charge is 2.29. The standard InChI is InChI=1S/C33H24N2O3/c1-21-15-17-22(18-16-21)30-19-26(24-11-6-8-14-29(24)35-30)33(37)38-32(23-9-3-2-4-10-23)31(36)27-20-34-28-13-7-5-12-25(27)28/h2-20,32,34H,1H3. The molecule has 2 heterocycles. The molecular weight excluding hydrogens is 472 g/mol. The molecule has 0 aliphatic carbocycles. The number of ether oxygens (including phenoxy) is 1. The molecule has 4 aromatic carbocycles. The molecule has 0 fully saturated rings. The summed E-state index contributed by atoms with van der Waals surface area (Å²) in [6.07, 6.45) is 0.561. The Morgan fingerprint density at radius 1 is 0.763 bits per heavy atom. The minimum absolute atomic E-state index is 0.292. The van der Waals surface area contributed by atoms with Crippen LogP contribution in [0.3, 0.4) is 0 Å². The van der Waals surface area contributed by atoms with Gasteiger partial charge in [0.1, 0.15) is 0 Å². The molecule has 1 unspecified atom stereocenters. The molecule has 0 aliphatic rings. The fraction of sp³-hybridized carbons (Fsp3) is 0.0606. The lowest BCUT2D eigenvalue weighted by Gasteiger charge is -2.18. The predicted octanol–water partition coefficient (Wildman–Crippen LogP) is 7.47. The number of para-hydroxylation sites is 2. The Hall–Kier alpha value is -5.03. The molecule has 6 aromatic rings. The number of benzene rings is 4. The number of nitrogens with zero attached hydrogens (tertiary/aromatic N) is 1. The highest BCUT2D eigenvalue weighted by atomic mass is 16.5. The van der Waals surface area contributed by atoms with Gasteiger partial charge < -0.3 is 9.72 Å². The van der Waals surface area contributed by atoms with Crippen LogP contribution in [0.5, 0.6) is 0 Å². The molecule has 38 heavy (non-hydrogen) atoms. The molecule has 0 spiro atoms. The van der Waals surface area contributed by atoms with Gasteiger partial charge in [-0.3, -0.25) is 4.79 Å². The van der Waals surface area contributed by atoms with Gasteiger partial charge in [0.2, 0.25) is 5.78 Å². The Morgan fingerprint density at radius 3 is 2.24 bits per heavy atom. The second-order valence-corrected chi connectivity index (χ2v) is 9.25. The van der Waals surface area contributed by atoms with Gasteiger partial charge in [0.05, 0.1) is 16.8 Å². The molecule has 5 heteroatoms. The molecule has 5 nitrogen and oxygen atoms in total.